The second-order valence-electron chi connectivity index (χ2n) is 7.00. The van der Waals surface area contributed by atoms with E-state index in [0.29, 0.717) is 23.7 Å². The molecule has 0 amide bonds. The highest BCUT2D eigenvalue weighted by Crippen LogP contribution is 2.69. The molecule has 0 aliphatic heterocycles. The molecular weight excluding hydrogens is 300 g/mol. The first-order valence-electron chi connectivity index (χ1n) is 8.17. The van der Waals surface area contributed by atoms with Crippen LogP contribution >= 0.6 is 0 Å². The summed E-state index contributed by atoms with van der Waals surface area (Å²) in [5.74, 6) is 2.59. The van der Waals surface area contributed by atoms with Crippen molar-refractivity contribution in [2.75, 3.05) is 6.61 Å². The molecule has 3 aliphatic carbocycles. The van der Waals surface area contributed by atoms with Crippen LogP contribution in [0.1, 0.15) is 19.8 Å². The molecule has 120 valence electrons. The molecule has 5 heteroatoms. The highest BCUT2D eigenvalue weighted by atomic mass is 32.2. The number of aliphatic hydroxyl groups is 1. The van der Waals surface area contributed by atoms with Crippen LogP contribution in [0.3, 0.4) is 0 Å². The highest BCUT2D eigenvalue weighted by Gasteiger charge is 2.68. The zero-order valence-electron chi connectivity index (χ0n) is 12.6. The van der Waals surface area contributed by atoms with Crippen LogP contribution in [-0.2, 0) is 14.3 Å². The summed E-state index contributed by atoms with van der Waals surface area (Å²) < 4.78 is 29.8. The summed E-state index contributed by atoms with van der Waals surface area (Å²) in [4.78, 5) is 0.205. The fourth-order valence-electron chi connectivity index (χ4n) is 5.09. The summed E-state index contributed by atoms with van der Waals surface area (Å²) in [5, 5.41) is 10.4. The van der Waals surface area contributed by atoms with Gasteiger partial charge < -0.3 is 5.11 Å². The van der Waals surface area contributed by atoms with Crippen LogP contribution in [0.5, 0.6) is 0 Å². The molecule has 4 rings (SSSR count). The van der Waals surface area contributed by atoms with Gasteiger partial charge in [0.1, 0.15) is 0 Å². The minimum absolute atomic E-state index is 0.196. The first-order chi connectivity index (χ1) is 10.5. The smallest absolute Gasteiger partial charge is 0.296 e. The lowest BCUT2D eigenvalue weighted by Gasteiger charge is -2.58. The van der Waals surface area contributed by atoms with Gasteiger partial charge in [-0.1, -0.05) is 31.5 Å². The topological polar surface area (TPSA) is 63.6 Å². The minimum atomic E-state index is -3.69. The largest absolute Gasteiger partial charge is 0.393 e. The molecule has 7 unspecified atom stereocenters. The summed E-state index contributed by atoms with van der Waals surface area (Å²) in [6.45, 7) is 2.38. The van der Waals surface area contributed by atoms with E-state index in [-0.39, 0.29) is 29.4 Å². The third-order valence-corrected chi connectivity index (χ3v) is 7.41. The quantitative estimate of drug-likeness (QED) is 0.845. The van der Waals surface area contributed by atoms with E-state index in [1.807, 2.05) is 0 Å². The Kier molecular flexibility index (Phi) is 3.36. The summed E-state index contributed by atoms with van der Waals surface area (Å²) in [6, 6.07) is 8.28. The molecule has 1 aromatic carbocycles. The van der Waals surface area contributed by atoms with E-state index < -0.39 is 10.1 Å². The average molecular weight is 322 g/mol. The van der Waals surface area contributed by atoms with Crippen molar-refractivity contribution in [3.8, 4) is 0 Å². The predicted octanol–water partition coefficient (Wildman–Crippen LogP) is 2.29. The summed E-state index contributed by atoms with van der Waals surface area (Å²) in [5.41, 5.74) is 0. The Balaban J connectivity index is 1.47. The number of hydrogen-bond donors (Lipinski definition) is 1. The van der Waals surface area contributed by atoms with Crippen LogP contribution in [0, 0.1) is 35.5 Å². The lowest BCUT2D eigenvalue weighted by Crippen LogP contribution is -2.59. The molecule has 22 heavy (non-hydrogen) atoms. The van der Waals surface area contributed by atoms with E-state index in [0.717, 1.165) is 12.8 Å². The summed E-state index contributed by atoms with van der Waals surface area (Å²) in [7, 11) is -3.69. The number of benzene rings is 1. The van der Waals surface area contributed by atoms with Gasteiger partial charge in [-0.05, 0) is 54.1 Å². The second kappa shape index (κ2) is 5.05. The van der Waals surface area contributed by atoms with E-state index in [1.54, 1.807) is 30.3 Å². The van der Waals surface area contributed by atoms with Gasteiger partial charge in [-0.15, -0.1) is 0 Å². The molecule has 0 spiro atoms. The van der Waals surface area contributed by atoms with Crippen molar-refractivity contribution in [2.24, 2.45) is 35.5 Å². The molecule has 1 aromatic rings. The van der Waals surface area contributed by atoms with Crippen molar-refractivity contribution in [3.63, 3.8) is 0 Å². The van der Waals surface area contributed by atoms with Crippen molar-refractivity contribution in [1.29, 1.82) is 0 Å². The van der Waals surface area contributed by atoms with Gasteiger partial charge in [0.2, 0.25) is 0 Å². The van der Waals surface area contributed by atoms with Crippen molar-refractivity contribution in [3.05, 3.63) is 30.3 Å². The number of aliphatic hydroxyl groups excluding tert-OH is 1. The van der Waals surface area contributed by atoms with Gasteiger partial charge in [-0.3, -0.25) is 4.18 Å². The molecule has 0 heterocycles. The van der Waals surface area contributed by atoms with Crippen LogP contribution in [0.4, 0.5) is 0 Å². The van der Waals surface area contributed by atoms with Crippen molar-refractivity contribution >= 4 is 10.1 Å². The Morgan fingerprint density at radius 2 is 1.86 bits per heavy atom. The number of rotatable bonds is 5. The predicted molar refractivity (Wildman–Crippen MR) is 81.4 cm³/mol. The maximum Gasteiger partial charge on any atom is 0.296 e. The van der Waals surface area contributed by atoms with Gasteiger partial charge in [0.25, 0.3) is 10.1 Å². The molecule has 3 fully saturated rings. The summed E-state index contributed by atoms with van der Waals surface area (Å²) in [6.07, 6.45) is 1.92. The first kappa shape index (κ1) is 14.7. The summed E-state index contributed by atoms with van der Waals surface area (Å²) >= 11 is 0. The Morgan fingerprint density at radius 3 is 2.50 bits per heavy atom. The van der Waals surface area contributed by atoms with Gasteiger partial charge in [0, 0.05) is 0 Å². The van der Waals surface area contributed by atoms with E-state index in [9.17, 15) is 13.5 Å². The third-order valence-electron chi connectivity index (χ3n) is 6.12. The molecule has 2 bridgehead atoms. The number of hydrogen-bond acceptors (Lipinski definition) is 4. The molecule has 0 saturated heterocycles. The zero-order valence-corrected chi connectivity index (χ0v) is 13.4. The molecule has 0 radical (unpaired) electrons. The Morgan fingerprint density at radius 1 is 1.14 bits per heavy atom. The molecule has 0 aromatic heterocycles. The lowest BCUT2D eigenvalue weighted by atomic mass is 9.48. The maximum atomic E-state index is 12.2. The lowest BCUT2D eigenvalue weighted by molar-refractivity contribution is -0.162. The highest BCUT2D eigenvalue weighted by molar-refractivity contribution is 7.86. The monoisotopic (exact) mass is 322 g/mol. The Hall–Kier alpha value is -0.910. The van der Waals surface area contributed by atoms with Crippen LogP contribution in [0.15, 0.2) is 35.2 Å². The molecule has 1 N–H and O–H groups in total. The van der Waals surface area contributed by atoms with Crippen molar-refractivity contribution in [2.45, 2.75) is 30.8 Å². The van der Waals surface area contributed by atoms with Crippen LogP contribution in [-0.4, -0.2) is 26.2 Å². The van der Waals surface area contributed by atoms with E-state index in [2.05, 4.69) is 6.92 Å². The fourth-order valence-corrected chi connectivity index (χ4v) is 6.05. The average Bonchev–Trinajstić information content (AvgIpc) is 3.28. The fraction of sp³-hybridized carbons (Fsp3) is 0.647. The van der Waals surface area contributed by atoms with E-state index in [1.165, 1.54) is 0 Å². The Bertz CT molecular complexity index is 656. The second-order valence-corrected chi connectivity index (χ2v) is 8.61. The van der Waals surface area contributed by atoms with E-state index in [4.69, 9.17) is 4.18 Å². The SMILES string of the molecule is CCC1C2C(O)C3CC3C1C2COS(=O)(=O)c1ccccc1. The number of fused-ring (bicyclic) bond motifs is 4. The van der Waals surface area contributed by atoms with Gasteiger partial charge in [-0.25, -0.2) is 0 Å². The van der Waals surface area contributed by atoms with Crippen LogP contribution in [0.25, 0.3) is 0 Å². The Labute approximate surface area is 131 Å². The normalized spacial score (nSPS) is 42.4. The first-order valence-corrected chi connectivity index (χ1v) is 9.58. The molecule has 7 atom stereocenters. The standard InChI is InChI=1S/C17H22O4S/c1-2-11-15-12-8-13(12)17(18)16(11)14(15)9-21-22(19,20)10-6-4-3-5-7-10/h3-7,11-18H,2,8-9H2,1H3. The van der Waals surface area contributed by atoms with Gasteiger partial charge in [0.15, 0.2) is 0 Å². The molecule has 3 saturated carbocycles. The van der Waals surface area contributed by atoms with Gasteiger partial charge in [0.05, 0.1) is 17.6 Å². The zero-order chi connectivity index (χ0) is 15.5. The van der Waals surface area contributed by atoms with Gasteiger partial charge in [-0.2, -0.15) is 8.42 Å². The van der Waals surface area contributed by atoms with Crippen LogP contribution in [0.2, 0.25) is 0 Å². The van der Waals surface area contributed by atoms with Gasteiger partial charge >= 0.3 is 0 Å². The molecule has 3 aliphatic rings. The third kappa shape index (κ3) is 2.06. The van der Waals surface area contributed by atoms with Crippen molar-refractivity contribution < 1.29 is 17.7 Å². The van der Waals surface area contributed by atoms with Crippen molar-refractivity contribution in [1.82, 2.24) is 0 Å². The van der Waals surface area contributed by atoms with Crippen LogP contribution < -0.4 is 0 Å². The maximum absolute atomic E-state index is 12.2. The molecular formula is C17H22O4S. The minimum Gasteiger partial charge on any atom is -0.393 e. The molecule has 4 nitrogen and oxygen atoms in total. The van der Waals surface area contributed by atoms with E-state index >= 15 is 0 Å².